The first kappa shape index (κ1) is 21.5. The molecule has 0 radical (unpaired) electrons. The number of hydrazine groups is 1. The number of nitrogens with one attached hydrogen (secondary N) is 2. The highest BCUT2D eigenvalue weighted by Crippen LogP contribution is 2.23. The maximum Gasteiger partial charge on any atom is 0.248 e. The zero-order valence-corrected chi connectivity index (χ0v) is 17.9. The highest BCUT2D eigenvalue weighted by atomic mass is 19.1. The van der Waals surface area contributed by atoms with Crippen LogP contribution in [0.2, 0.25) is 0 Å². The van der Waals surface area contributed by atoms with Crippen molar-refractivity contribution in [3.63, 3.8) is 0 Å². The van der Waals surface area contributed by atoms with E-state index in [-0.39, 0.29) is 30.5 Å². The molecular formula is C22H33FN4O3. The van der Waals surface area contributed by atoms with Crippen molar-refractivity contribution in [3.8, 4) is 5.75 Å². The Morgan fingerprint density at radius 3 is 2.47 bits per heavy atom. The van der Waals surface area contributed by atoms with Crippen LogP contribution in [0.25, 0.3) is 0 Å². The molecule has 3 heterocycles. The fraction of sp³-hybridized carbons (Fsp3) is 0.682. The van der Waals surface area contributed by atoms with Gasteiger partial charge in [-0.15, -0.1) is 0 Å². The second-order valence-corrected chi connectivity index (χ2v) is 8.81. The van der Waals surface area contributed by atoms with Gasteiger partial charge in [0.05, 0.1) is 6.54 Å². The van der Waals surface area contributed by atoms with Gasteiger partial charge in [0, 0.05) is 43.7 Å². The molecule has 1 aromatic carbocycles. The van der Waals surface area contributed by atoms with Gasteiger partial charge in [-0.25, -0.2) is 4.39 Å². The third kappa shape index (κ3) is 5.11. The van der Waals surface area contributed by atoms with Crippen LogP contribution in [0.3, 0.4) is 0 Å². The summed E-state index contributed by atoms with van der Waals surface area (Å²) in [5, 5.41) is 0. The molecule has 0 spiro atoms. The van der Waals surface area contributed by atoms with Crippen LogP contribution in [-0.2, 0) is 9.53 Å². The van der Waals surface area contributed by atoms with Crippen molar-refractivity contribution >= 4 is 5.91 Å². The smallest absolute Gasteiger partial charge is 0.248 e. The van der Waals surface area contributed by atoms with Gasteiger partial charge >= 0.3 is 0 Å². The molecule has 1 amide bonds. The van der Waals surface area contributed by atoms with E-state index in [1.54, 1.807) is 12.1 Å². The monoisotopic (exact) mass is 420 g/mol. The lowest BCUT2D eigenvalue weighted by Crippen LogP contribution is -2.55. The molecule has 0 bridgehead atoms. The minimum atomic E-state index is -0.288. The Morgan fingerprint density at radius 2 is 1.80 bits per heavy atom. The minimum Gasteiger partial charge on any atom is -0.491 e. The Balaban J connectivity index is 1.25. The van der Waals surface area contributed by atoms with Gasteiger partial charge in [0.25, 0.3) is 0 Å². The summed E-state index contributed by atoms with van der Waals surface area (Å²) in [7, 11) is 0. The fourth-order valence-electron chi connectivity index (χ4n) is 4.76. The normalized spacial score (nSPS) is 31.3. The second-order valence-electron chi connectivity index (χ2n) is 8.81. The van der Waals surface area contributed by atoms with Crippen molar-refractivity contribution in [2.24, 2.45) is 5.92 Å². The summed E-state index contributed by atoms with van der Waals surface area (Å²) in [5.74, 6) is 0.984. The van der Waals surface area contributed by atoms with E-state index >= 15 is 0 Å². The SMILES string of the molecule is CC1NNC(C)C1CN1CCC(N2CC(COc3ccc(F)cc3)OCC2=O)CC1. The number of carbonyl (C=O) groups excluding carboxylic acids is 1. The lowest BCUT2D eigenvalue weighted by atomic mass is 9.94. The van der Waals surface area contributed by atoms with Crippen molar-refractivity contribution in [3.05, 3.63) is 30.1 Å². The topological polar surface area (TPSA) is 66.1 Å². The van der Waals surface area contributed by atoms with Gasteiger partial charge in [-0.3, -0.25) is 15.6 Å². The highest BCUT2D eigenvalue weighted by molar-refractivity contribution is 5.78. The molecule has 166 valence electrons. The van der Waals surface area contributed by atoms with Crippen LogP contribution in [0.1, 0.15) is 26.7 Å². The van der Waals surface area contributed by atoms with Gasteiger partial charge < -0.3 is 19.3 Å². The molecule has 0 aliphatic carbocycles. The van der Waals surface area contributed by atoms with E-state index < -0.39 is 0 Å². The molecule has 30 heavy (non-hydrogen) atoms. The van der Waals surface area contributed by atoms with E-state index in [4.69, 9.17) is 9.47 Å². The van der Waals surface area contributed by atoms with Gasteiger partial charge in [0.1, 0.15) is 30.9 Å². The number of rotatable bonds is 6. The van der Waals surface area contributed by atoms with Crippen molar-refractivity contribution < 1.29 is 18.7 Å². The van der Waals surface area contributed by atoms with Crippen LogP contribution in [0.5, 0.6) is 5.75 Å². The Hall–Kier alpha value is -1.74. The van der Waals surface area contributed by atoms with Gasteiger partial charge in [-0.05, 0) is 51.0 Å². The van der Waals surface area contributed by atoms with Crippen LogP contribution < -0.4 is 15.6 Å². The quantitative estimate of drug-likeness (QED) is 0.725. The summed E-state index contributed by atoms with van der Waals surface area (Å²) in [6.45, 7) is 8.58. The Morgan fingerprint density at radius 1 is 1.13 bits per heavy atom. The van der Waals surface area contributed by atoms with Crippen LogP contribution in [0.15, 0.2) is 24.3 Å². The van der Waals surface area contributed by atoms with Crippen molar-refractivity contribution in [1.29, 1.82) is 0 Å². The third-order valence-corrected chi connectivity index (χ3v) is 6.70. The molecule has 4 rings (SSSR count). The molecule has 2 N–H and O–H groups in total. The predicted octanol–water partition coefficient (Wildman–Crippen LogP) is 1.40. The number of amides is 1. The fourth-order valence-corrected chi connectivity index (χ4v) is 4.76. The van der Waals surface area contributed by atoms with Gasteiger partial charge in [0.15, 0.2) is 0 Å². The lowest BCUT2D eigenvalue weighted by Gasteiger charge is -2.42. The molecule has 0 aromatic heterocycles. The van der Waals surface area contributed by atoms with Crippen molar-refractivity contribution in [2.45, 2.75) is 50.9 Å². The maximum atomic E-state index is 13.0. The number of hydrogen-bond acceptors (Lipinski definition) is 6. The number of carbonyl (C=O) groups is 1. The molecule has 3 atom stereocenters. The predicted molar refractivity (Wildman–Crippen MR) is 111 cm³/mol. The average Bonchev–Trinajstić information content (AvgIpc) is 3.07. The highest BCUT2D eigenvalue weighted by Gasteiger charge is 2.36. The molecule has 3 saturated heterocycles. The van der Waals surface area contributed by atoms with E-state index in [2.05, 4.69) is 29.6 Å². The molecule has 3 unspecified atom stereocenters. The van der Waals surface area contributed by atoms with E-state index in [1.807, 2.05) is 4.90 Å². The molecular weight excluding hydrogens is 387 g/mol. The first-order chi connectivity index (χ1) is 14.5. The number of hydrogen-bond donors (Lipinski definition) is 2. The van der Waals surface area contributed by atoms with Crippen LogP contribution in [-0.4, -0.2) is 79.3 Å². The van der Waals surface area contributed by atoms with Crippen LogP contribution in [0.4, 0.5) is 4.39 Å². The van der Waals surface area contributed by atoms with Crippen molar-refractivity contribution in [2.75, 3.05) is 39.4 Å². The first-order valence-electron chi connectivity index (χ1n) is 11.0. The Labute approximate surface area is 177 Å². The standard InChI is InChI=1S/C22H33FN4O3/c1-15-21(16(2)25-24-15)12-26-9-7-18(8-10-26)27-11-20(30-14-22(27)28)13-29-19-5-3-17(23)4-6-19/h3-6,15-16,18,20-21,24-25H,7-14H2,1-2H3. The molecule has 3 aliphatic heterocycles. The summed E-state index contributed by atoms with van der Waals surface area (Å²) in [5.41, 5.74) is 6.67. The van der Waals surface area contributed by atoms with E-state index in [1.165, 1.54) is 12.1 Å². The number of morpholine rings is 1. The molecule has 1 aromatic rings. The van der Waals surface area contributed by atoms with Crippen LogP contribution >= 0.6 is 0 Å². The Kier molecular flexibility index (Phi) is 6.87. The first-order valence-corrected chi connectivity index (χ1v) is 11.0. The zero-order valence-electron chi connectivity index (χ0n) is 17.9. The van der Waals surface area contributed by atoms with E-state index in [0.29, 0.717) is 36.9 Å². The summed E-state index contributed by atoms with van der Waals surface area (Å²) >= 11 is 0. The molecule has 3 aliphatic rings. The number of likely N-dealkylation sites (tertiary alicyclic amines) is 1. The third-order valence-electron chi connectivity index (χ3n) is 6.70. The molecule has 8 heteroatoms. The number of piperidine rings is 1. The number of halogens is 1. The molecule has 0 saturated carbocycles. The second kappa shape index (κ2) is 9.60. The number of nitrogens with zero attached hydrogens (tertiary/aromatic N) is 2. The van der Waals surface area contributed by atoms with Crippen molar-refractivity contribution in [1.82, 2.24) is 20.7 Å². The van der Waals surface area contributed by atoms with Gasteiger partial charge in [-0.2, -0.15) is 0 Å². The summed E-state index contributed by atoms with van der Waals surface area (Å²) < 4.78 is 24.4. The average molecular weight is 421 g/mol. The Bertz CT molecular complexity index is 701. The summed E-state index contributed by atoms with van der Waals surface area (Å²) in [4.78, 5) is 17.0. The van der Waals surface area contributed by atoms with E-state index in [9.17, 15) is 9.18 Å². The summed E-state index contributed by atoms with van der Waals surface area (Å²) in [6.07, 6.45) is 1.82. The largest absolute Gasteiger partial charge is 0.491 e. The number of benzene rings is 1. The maximum absolute atomic E-state index is 13.0. The molecule has 7 nitrogen and oxygen atoms in total. The zero-order chi connectivity index (χ0) is 21.1. The minimum absolute atomic E-state index is 0.0675. The van der Waals surface area contributed by atoms with Gasteiger partial charge in [-0.1, -0.05) is 0 Å². The number of ether oxygens (including phenoxy) is 2. The van der Waals surface area contributed by atoms with E-state index in [0.717, 1.165) is 32.5 Å². The summed E-state index contributed by atoms with van der Waals surface area (Å²) in [6, 6.07) is 7.17. The lowest BCUT2D eigenvalue weighted by molar-refractivity contribution is -0.155. The molecule has 3 fully saturated rings. The van der Waals surface area contributed by atoms with Gasteiger partial charge in [0.2, 0.25) is 5.91 Å². The van der Waals surface area contributed by atoms with Crippen LogP contribution in [0, 0.1) is 11.7 Å².